The molecule has 7 heteroatoms. The molecule has 0 rings (SSSR count). The van der Waals surface area contributed by atoms with E-state index in [1.165, 1.54) is 0 Å². The van der Waals surface area contributed by atoms with Crippen molar-refractivity contribution in [3.8, 4) is 0 Å². The van der Waals surface area contributed by atoms with Crippen LogP contribution in [0.25, 0.3) is 0 Å². The van der Waals surface area contributed by atoms with Crippen LogP contribution in [-0.4, -0.2) is 20.3 Å². The van der Waals surface area contributed by atoms with Crippen LogP contribution in [0.5, 0.6) is 0 Å². The Morgan fingerprint density at radius 2 is 1.67 bits per heavy atom. The molecule has 0 heterocycles. The van der Waals surface area contributed by atoms with Crippen LogP contribution < -0.4 is 0 Å². The van der Waals surface area contributed by atoms with E-state index in [-0.39, 0.29) is 0 Å². The van der Waals surface area contributed by atoms with Crippen molar-refractivity contribution in [3.05, 3.63) is 0 Å². The van der Waals surface area contributed by atoms with Crippen LogP contribution in [0.1, 0.15) is 6.92 Å². The Morgan fingerprint density at radius 3 is 1.67 bits per heavy atom. The minimum atomic E-state index is -3.13. The van der Waals surface area contributed by atoms with Crippen LogP contribution in [0.2, 0.25) is 0 Å². The molecule has 0 saturated heterocycles. The molecule has 0 aliphatic rings. The van der Waals surface area contributed by atoms with E-state index in [9.17, 15) is 0 Å². The molecular weight excluding hydrogens is 188 g/mol. The predicted molar refractivity (Wildman–Crippen MR) is 37.5 cm³/mol. The van der Waals surface area contributed by atoms with Gasteiger partial charge in [-0.25, -0.2) is 0 Å². The Balaban J connectivity index is 0. The van der Waals surface area contributed by atoms with Gasteiger partial charge in [0.05, 0.1) is 0 Å². The molecule has 0 aromatic heterocycles. The third-order valence-electron chi connectivity index (χ3n) is 0.239. The fourth-order valence-corrected chi connectivity index (χ4v) is 0. The zero-order valence-electron chi connectivity index (χ0n) is 4.71. The molecule has 0 unspecified atom stereocenters. The summed E-state index contributed by atoms with van der Waals surface area (Å²) in [5, 5.41) is 0. The van der Waals surface area contributed by atoms with Gasteiger partial charge in [-0.2, -0.15) is 0 Å². The molecule has 0 aliphatic carbocycles. The summed E-state index contributed by atoms with van der Waals surface area (Å²) < 4.78 is 9.81. The number of nitrogens with zero attached hydrogens (tertiary/aromatic N) is 1. The van der Waals surface area contributed by atoms with Gasteiger partial charge < -0.3 is 9.79 Å². The third kappa shape index (κ3) is 53.7. The zero-order valence-corrected chi connectivity index (χ0v) is 7.22. The minimum Gasteiger partial charge on any atom is -0.326 e. The molecule has 0 saturated carbocycles. The maximum absolute atomic E-state index is 8.74. The van der Waals surface area contributed by atoms with Crippen LogP contribution in [-0.2, 0) is 4.57 Å². The molecule has 0 bridgehead atoms. The Kier molecular flexibility index (Phi) is 11.9. The molecule has 0 spiro atoms. The summed E-state index contributed by atoms with van der Waals surface area (Å²) in [6.07, 6.45) is 0. The normalized spacial score (nSPS) is 9.22. The molecule has 0 radical (unpaired) electrons. The topological polar surface area (TPSA) is 60.8 Å². The van der Waals surface area contributed by atoms with Crippen LogP contribution in [0, 0.1) is 0 Å². The second-order valence-electron chi connectivity index (χ2n) is 0.902. The second kappa shape index (κ2) is 8.69. The lowest BCUT2D eigenvalue weighted by molar-refractivity contribution is 0.405. The SMILES string of the molecule is CCN(Cl)Cl.O=[PH](O)O. The molecule has 0 amide bonds. The number of halogens is 2. The molecule has 0 atom stereocenters. The maximum Gasteiger partial charge on any atom is 0.314 e. The van der Waals surface area contributed by atoms with Crippen molar-refractivity contribution in [2.75, 3.05) is 6.54 Å². The first kappa shape index (κ1) is 12.4. The quantitative estimate of drug-likeness (QED) is 0.484. The molecule has 58 valence electrons. The minimum absolute atomic E-state index is 0.670. The van der Waals surface area contributed by atoms with Crippen LogP contribution >= 0.6 is 31.8 Å². The first-order valence-electron chi connectivity index (χ1n) is 2.01. The van der Waals surface area contributed by atoms with E-state index in [4.69, 9.17) is 37.9 Å². The fraction of sp³-hybridized carbons (Fsp3) is 1.00. The predicted octanol–water partition coefficient (Wildman–Crippen LogP) is 0.977. The van der Waals surface area contributed by atoms with Crippen molar-refractivity contribution in [1.82, 2.24) is 3.94 Å². The monoisotopic (exact) mass is 195 g/mol. The lowest BCUT2D eigenvalue weighted by atomic mass is 10.8. The lowest BCUT2D eigenvalue weighted by Gasteiger charge is -1.90. The molecule has 2 N–H and O–H groups in total. The van der Waals surface area contributed by atoms with Gasteiger partial charge in [0, 0.05) is 6.54 Å². The van der Waals surface area contributed by atoms with E-state index >= 15 is 0 Å². The Hall–Kier alpha value is 0.690. The van der Waals surface area contributed by atoms with E-state index in [0.29, 0.717) is 6.54 Å². The second-order valence-corrected chi connectivity index (χ2v) is 2.46. The van der Waals surface area contributed by atoms with Crippen molar-refractivity contribution in [1.29, 1.82) is 0 Å². The molecule has 0 aromatic carbocycles. The van der Waals surface area contributed by atoms with Crippen LogP contribution in [0.15, 0.2) is 0 Å². The summed E-state index contributed by atoms with van der Waals surface area (Å²) in [6, 6.07) is 0. The summed E-state index contributed by atoms with van der Waals surface area (Å²) in [7, 11) is -3.13. The average molecular weight is 196 g/mol. The van der Waals surface area contributed by atoms with Crippen molar-refractivity contribution in [2.45, 2.75) is 6.92 Å². The van der Waals surface area contributed by atoms with Crippen molar-refractivity contribution < 1.29 is 14.4 Å². The van der Waals surface area contributed by atoms with Gasteiger partial charge in [-0.3, -0.25) is 4.57 Å². The summed E-state index contributed by atoms with van der Waals surface area (Å²) >= 11 is 10.1. The van der Waals surface area contributed by atoms with E-state index in [1.807, 2.05) is 6.92 Å². The maximum atomic E-state index is 8.74. The van der Waals surface area contributed by atoms with E-state index in [0.717, 1.165) is 3.94 Å². The first-order valence-corrected chi connectivity index (χ1v) is 3.99. The molecule has 0 aromatic rings. The van der Waals surface area contributed by atoms with Crippen molar-refractivity contribution in [3.63, 3.8) is 0 Å². The molecule has 0 fully saturated rings. The summed E-state index contributed by atoms with van der Waals surface area (Å²) in [4.78, 5) is 14.3. The Morgan fingerprint density at radius 1 is 1.56 bits per heavy atom. The van der Waals surface area contributed by atoms with Crippen LogP contribution in [0.4, 0.5) is 0 Å². The number of hydrogen-bond acceptors (Lipinski definition) is 2. The van der Waals surface area contributed by atoms with E-state index in [1.54, 1.807) is 0 Å². The molecule has 0 aliphatic heterocycles. The summed E-state index contributed by atoms with van der Waals surface area (Å²) in [5.74, 6) is 0. The van der Waals surface area contributed by atoms with E-state index in [2.05, 4.69) is 0 Å². The van der Waals surface area contributed by atoms with Gasteiger partial charge in [-0.05, 0) is 30.5 Å². The Labute approximate surface area is 64.2 Å². The summed E-state index contributed by atoms with van der Waals surface area (Å²) in [5.41, 5.74) is 0. The summed E-state index contributed by atoms with van der Waals surface area (Å²) in [6.45, 7) is 2.53. The largest absolute Gasteiger partial charge is 0.326 e. The molecular formula is C2H8Cl2NO3P. The van der Waals surface area contributed by atoms with Gasteiger partial charge in [0.15, 0.2) is 0 Å². The fourth-order valence-electron chi connectivity index (χ4n) is 0. The highest BCUT2D eigenvalue weighted by molar-refractivity contribution is 7.30. The van der Waals surface area contributed by atoms with Gasteiger partial charge in [0.1, 0.15) is 0 Å². The number of rotatable bonds is 1. The highest BCUT2D eigenvalue weighted by Crippen LogP contribution is 1.98. The third-order valence-corrected chi connectivity index (χ3v) is 0.717. The van der Waals surface area contributed by atoms with Gasteiger partial charge in [-0.15, -0.1) is 3.94 Å². The van der Waals surface area contributed by atoms with Gasteiger partial charge in [-0.1, -0.05) is 0 Å². The zero-order chi connectivity index (χ0) is 7.86. The number of hydrogen-bond donors (Lipinski definition) is 2. The first-order chi connectivity index (χ1) is 4.00. The highest BCUT2D eigenvalue weighted by atomic mass is 35.5. The molecule has 9 heavy (non-hydrogen) atoms. The smallest absolute Gasteiger partial charge is 0.314 e. The van der Waals surface area contributed by atoms with Crippen LogP contribution in [0.3, 0.4) is 0 Å². The van der Waals surface area contributed by atoms with Crippen molar-refractivity contribution >= 4 is 31.8 Å². The lowest BCUT2D eigenvalue weighted by Crippen LogP contribution is -1.91. The highest BCUT2D eigenvalue weighted by Gasteiger charge is 1.80. The standard InChI is InChI=1S/C2H5Cl2N.H3O3P/c1-2-5(3)4;1-4(2)3/h2H2,1H3;4H,(H2,1,2,3). The van der Waals surface area contributed by atoms with Gasteiger partial charge >= 0.3 is 8.25 Å². The average Bonchev–Trinajstić information content (AvgIpc) is 1.65. The van der Waals surface area contributed by atoms with E-state index < -0.39 is 8.25 Å². The van der Waals surface area contributed by atoms with Crippen molar-refractivity contribution in [2.24, 2.45) is 0 Å². The van der Waals surface area contributed by atoms with Gasteiger partial charge in [0.25, 0.3) is 0 Å². The molecule has 4 nitrogen and oxygen atoms in total. The van der Waals surface area contributed by atoms with Gasteiger partial charge in [0.2, 0.25) is 0 Å². The Bertz CT molecular complexity index is 76.2.